The van der Waals surface area contributed by atoms with Gasteiger partial charge in [0, 0.05) is 6.42 Å². The van der Waals surface area contributed by atoms with Gasteiger partial charge in [0.2, 0.25) is 0 Å². The molecule has 0 saturated heterocycles. The number of carboxylic acids is 2. The minimum absolute atomic E-state index is 0.126. The van der Waals surface area contributed by atoms with Gasteiger partial charge in [0.15, 0.2) is 0 Å². The molecule has 0 aromatic heterocycles. The van der Waals surface area contributed by atoms with Crippen LogP contribution in [0.1, 0.15) is 34.8 Å². The maximum Gasteiger partial charge on any atom is 0.338 e. The van der Waals surface area contributed by atoms with Gasteiger partial charge in [-0.3, -0.25) is 9.59 Å². The van der Waals surface area contributed by atoms with Gasteiger partial charge < -0.3 is 14.9 Å². The fraction of sp³-hybridized carbons (Fsp3) is 0.357. The lowest BCUT2D eigenvalue weighted by atomic mass is 9.98. The van der Waals surface area contributed by atoms with Crippen molar-refractivity contribution in [2.75, 3.05) is 6.61 Å². The number of ether oxygens (including phenoxy) is 1. The Hall–Kier alpha value is -2.37. The van der Waals surface area contributed by atoms with Gasteiger partial charge >= 0.3 is 17.9 Å². The van der Waals surface area contributed by atoms with E-state index in [1.807, 2.05) is 0 Å². The summed E-state index contributed by atoms with van der Waals surface area (Å²) in [6, 6.07) is 4.51. The lowest BCUT2D eigenvalue weighted by molar-refractivity contribution is -0.137. The monoisotopic (exact) mass is 280 g/mol. The molecule has 0 bridgehead atoms. The fourth-order valence-corrected chi connectivity index (χ4v) is 1.78. The number of aryl methyl sites for hydroxylation is 1. The molecule has 20 heavy (non-hydrogen) atoms. The SMILES string of the molecule is CCOC(=O)c1ccc(CC(=O)O)c(CCC(=O)O)c1. The first-order valence-electron chi connectivity index (χ1n) is 6.16. The number of benzene rings is 1. The van der Waals surface area contributed by atoms with E-state index < -0.39 is 17.9 Å². The van der Waals surface area contributed by atoms with Crippen LogP contribution >= 0.6 is 0 Å². The van der Waals surface area contributed by atoms with Gasteiger partial charge in [0.1, 0.15) is 0 Å². The summed E-state index contributed by atoms with van der Waals surface area (Å²) < 4.78 is 4.86. The largest absolute Gasteiger partial charge is 0.481 e. The normalized spacial score (nSPS) is 10.1. The van der Waals surface area contributed by atoms with E-state index in [0.717, 1.165) is 0 Å². The van der Waals surface area contributed by atoms with E-state index in [1.165, 1.54) is 18.2 Å². The number of carboxylic acid groups (broad SMARTS) is 2. The molecule has 1 rings (SSSR count). The Bertz CT molecular complexity index is 520. The Labute approximate surface area is 116 Å². The van der Waals surface area contributed by atoms with Crippen molar-refractivity contribution in [1.29, 1.82) is 0 Å². The van der Waals surface area contributed by atoms with Crippen molar-refractivity contribution >= 4 is 17.9 Å². The summed E-state index contributed by atoms with van der Waals surface area (Å²) in [4.78, 5) is 33.0. The highest BCUT2D eigenvalue weighted by Crippen LogP contribution is 2.16. The topological polar surface area (TPSA) is 101 Å². The Morgan fingerprint density at radius 3 is 2.35 bits per heavy atom. The lowest BCUT2D eigenvalue weighted by Gasteiger charge is -2.09. The van der Waals surface area contributed by atoms with Gasteiger partial charge in [-0.25, -0.2) is 4.79 Å². The van der Waals surface area contributed by atoms with E-state index in [0.29, 0.717) is 16.7 Å². The van der Waals surface area contributed by atoms with Gasteiger partial charge in [-0.15, -0.1) is 0 Å². The zero-order chi connectivity index (χ0) is 15.1. The first-order valence-corrected chi connectivity index (χ1v) is 6.16. The van der Waals surface area contributed by atoms with Crippen LogP contribution in [0.2, 0.25) is 0 Å². The van der Waals surface area contributed by atoms with Crippen LogP contribution in [0, 0.1) is 0 Å². The van der Waals surface area contributed by atoms with Crippen LogP contribution in [0.5, 0.6) is 0 Å². The smallest absolute Gasteiger partial charge is 0.338 e. The molecule has 0 atom stereocenters. The second-order valence-corrected chi connectivity index (χ2v) is 4.17. The molecule has 2 N–H and O–H groups in total. The summed E-state index contributed by atoms with van der Waals surface area (Å²) in [7, 11) is 0. The third-order valence-corrected chi connectivity index (χ3v) is 2.67. The second kappa shape index (κ2) is 7.28. The molecule has 6 nitrogen and oxygen atoms in total. The van der Waals surface area contributed by atoms with E-state index >= 15 is 0 Å². The standard InChI is InChI=1S/C14H16O6/c1-2-20-14(19)11-4-3-10(8-13(17)18)9(7-11)5-6-12(15)16/h3-4,7H,2,5-6,8H2,1H3,(H,15,16)(H,17,18). The molecule has 0 fully saturated rings. The van der Waals surface area contributed by atoms with Crippen molar-refractivity contribution in [3.8, 4) is 0 Å². The first-order chi connectivity index (χ1) is 9.43. The minimum atomic E-state index is -1.01. The molecule has 0 amide bonds. The average Bonchev–Trinajstić information content (AvgIpc) is 2.37. The Kier molecular flexibility index (Phi) is 5.71. The number of aliphatic carboxylic acids is 2. The van der Waals surface area contributed by atoms with Crippen LogP contribution in [0.3, 0.4) is 0 Å². The quantitative estimate of drug-likeness (QED) is 0.734. The van der Waals surface area contributed by atoms with Crippen LogP contribution < -0.4 is 0 Å². The predicted molar refractivity (Wildman–Crippen MR) is 69.7 cm³/mol. The molecule has 0 heterocycles. The second-order valence-electron chi connectivity index (χ2n) is 4.17. The summed E-state index contributed by atoms with van der Waals surface area (Å²) in [6.07, 6.45) is -0.165. The molecular formula is C14H16O6. The summed E-state index contributed by atoms with van der Waals surface area (Å²) >= 11 is 0. The van der Waals surface area contributed by atoms with Crippen LogP contribution in [0.15, 0.2) is 18.2 Å². The Morgan fingerprint density at radius 2 is 1.80 bits per heavy atom. The first kappa shape index (κ1) is 15.7. The van der Waals surface area contributed by atoms with Gasteiger partial charge in [-0.05, 0) is 36.6 Å². The maximum atomic E-state index is 11.6. The molecule has 1 aromatic carbocycles. The van der Waals surface area contributed by atoms with E-state index in [9.17, 15) is 14.4 Å². The highest BCUT2D eigenvalue weighted by molar-refractivity contribution is 5.90. The molecule has 1 aromatic rings. The molecule has 0 aliphatic rings. The van der Waals surface area contributed by atoms with Crippen molar-refractivity contribution in [3.05, 3.63) is 34.9 Å². The molecule has 0 radical (unpaired) electrons. The highest BCUT2D eigenvalue weighted by Gasteiger charge is 2.13. The number of hydrogen-bond acceptors (Lipinski definition) is 4. The summed E-state index contributed by atoms with van der Waals surface area (Å²) in [6.45, 7) is 1.92. The molecule has 0 aliphatic heterocycles. The zero-order valence-corrected chi connectivity index (χ0v) is 11.1. The molecule has 6 heteroatoms. The van der Waals surface area contributed by atoms with Gasteiger partial charge in [-0.1, -0.05) is 6.07 Å². The van der Waals surface area contributed by atoms with E-state index in [4.69, 9.17) is 14.9 Å². The summed E-state index contributed by atoms with van der Waals surface area (Å²) in [5, 5.41) is 17.5. The van der Waals surface area contributed by atoms with Gasteiger partial charge in [0.05, 0.1) is 18.6 Å². The van der Waals surface area contributed by atoms with Gasteiger partial charge in [-0.2, -0.15) is 0 Å². The third-order valence-electron chi connectivity index (χ3n) is 2.67. The van der Waals surface area contributed by atoms with Crippen molar-refractivity contribution in [1.82, 2.24) is 0 Å². The van der Waals surface area contributed by atoms with Crippen molar-refractivity contribution < 1.29 is 29.3 Å². The summed E-state index contributed by atoms with van der Waals surface area (Å²) in [5.41, 5.74) is 1.34. The number of rotatable bonds is 7. The zero-order valence-electron chi connectivity index (χ0n) is 11.1. The molecule has 108 valence electrons. The van der Waals surface area contributed by atoms with Crippen molar-refractivity contribution in [2.24, 2.45) is 0 Å². The van der Waals surface area contributed by atoms with Crippen molar-refractivity contribution in [3.63, 3.8) is 0 Å². The van der Waals surface area contributed by atoms with Gasteiger partial charge in [0.25, 0.3) is 0 Å². The van der Waals surface area contributed by atoms with Crippen LogP contribution in [-0.4, -0.2) is 34.7 Å². The molecule has 0 aliphatic carbocycles. The predicted octanol–water partition coefficient (Wildman–Crippen LogP) is 1.51. The maximum absolute atomic E-state index is 11.6. The Balaban J connectivity index is 3.03. The van der Waals surface area contributed by atoms with E-state index in [-0.39, 0.29) is 25.9 Å². The molecule has 0 spiro atoms. The molecular weight excluding hydrogens is 264 g/mol. The molecule has 0 unspecified atom stereocenters. The number of carbonyl (C=O) groups excluding carboxylic acids is 1. The minimum Gasteiger partial charge on any atom is -0.481 e. The fourth-order valence-electron chi connectivity index (χ4n) is 1.78. The number of hydrogen-bond donors (Lipinski definition) is 2. The third kappa shape index (κ3) is 4.72. The lowest BCUT2D eigenvalue weighted by Crippen LogP contribution is -2.09. The van der Waals surface area contributed by atoms with Crippen LogP contribution in [0.25, 0.3) is 0 Å². The number of carbonyl (C=O) groups is 3. The number of esters is 1. The van der Waals surface area contributed by atoms with E-state index in [2.05, 4.69) is 0 Å². The van der Waals surface area contributed by atoms with Crippen LogP contribution in [0.4, 0.5) is 0 Å². The highest BCUT2D eigenvalue weighted by atomic mass is 16.5. The van der Waals surface area contributed by atoms with Crippen molar-refractivity contribution in [2.45, 2.75) is 26.2 Å². The summed E-state index contributed by atoms with van der Waals surface area (Å²) in [5.74, 6) is -2.50. The van der Waals surface area contributed by atoms with Crippen LogP contribution in [-0.2, 0) is 27.2 Å². The Morgan fingerprint density at radius 1 is 1.10 bits per heavy atom. The average molecular weight is 280 g/mol. The molecule has 0 saturated carbocycles. The van der Waals surface area contributed by atoms with E-state index in [1.54, 1.807) is 6.92 Å².